The van der Waals surface area contributed by atoms with Crippen LogP contribution in [-0.2, 0) is 17.5 Å². The molecule has 0 spiro atoms. The summed E-state index contributed by atoms with van der Waals surface area (Å²) in [6.45, 7) is 0. The highest BCUT2D eigenvalue weighted by Crippen LogP contribution is 2.37. The van der Waals surface area contributed by atoms with Gasteiger partial charge in [0, 0.05) is 53.5 Å². The summed E-state index contributed by atoms with van der Waals surface area (Å²) in [4.78, 5) is 31.8. The number of aromatic amines is 1. The maximum atomic E-state index is 14.4. The summed E-state index contributed by atoms with van der Waals surface area (Å²) >= 11 is 1.52. The van der Waals surface area contributed by atoms with Crippen molar-refractivity contribution in [3.8, 4) is 11.1 Å². The van der Waals surface area contributed by atoms with Crippen LogP contribution >= 0.6 is 11.8 Å². The van der Waals surface area contributed by atoms with Gasteiger partial charge in [-0.15, -0.1) is 0 Å². The summed E-state index contributed by atoms with van der Waals surface area (Å²) in [6.07, 6.45) is 6.13. The second-order valence-corrected chi connectivity index (χ2v) is 8.18. The Kier molecular flexibility index (Phi) is 6.19. The molecule has 0 aliphatic rings. The van der Waals surface area contributed by atoms with Crippen LogP contribution in [0.5, 0.6) is 0 Å². The molecule has 0 fully saturated rings. The molecule has 2 N–H and O–H groups in total. The van der Waals surface area contributed by atoms with Gasteiger partial charge in [0.2, 0.25) is 0 Å². The lowest BCUT2D eigenvalue weighted by Crippen LogP contribution is -2.17. The number of carbonyl (C=O) groups excluding carboxylic acids is 1. The second-order valence-electron chi connectivity index (χ2n) is 7.31. The number of nitrogens with zero attached hydrogens (tertiary/aromatic N) is 2. The highest BCUT2D eigenvalue weighted by Gasteiger charge is 2.21. The molecule has 3 heterocycles. The number of hydrogen-bond donors (Lipinski definition) is 2. The van der Waals surface area contributed by atoms with Crippen LogP contribution in [0.15, 0.2) is 47.7 Å². The topological polar surface area (TPSA) is 89.0 Å². The first-order valence-corrected chi connectivity index (χ1v) is 11.2. The molecule has 0 aliphatic carbocycles. The van der Waals surface area contributed by atoms with Crippen molar-refractivity contribution in [2.24, 2.45) is 7.05 Å². The molecule has 33 heavy (non-hydrogen) atoms. The van der Waals surface area contributed by atoms with Crippen molar-refractivity contribution in [1.29, 1.82) is 0 Å². The first-order valence-electron chi connectivity index (χ1n) is 9.83. The minimum Gasteiger partial charge on any atom is -0.465 e. The van der Waals surface area contributed by atoms with Crippen LogP contribution < -0.4 is 10.9 Å². The van der Waals surface area contributed by atoms with E-state index in [2.05, 4.69) is 15.3 Å². The van der Waals surface area contributed by atoms with E-state index in [1.54, 1.807) is 37.6 Å². The quantitative estimate of drug-likeness (QED) is 0.401. The van der Waals surface area contributed by atoms with Gasteiger partial charge >= 0.3 is 5.97 Å². The van der Waals surface area contributed by atoms with Gasteiger partial charge in [-0.05, 0) is 30.0 Å². The molecule has 0 unspecified atom stereocenters. The van der Waals surface area contributed by atoms with Crippen molar-refractivity contribution >= 4 is 40.1 Å². The first kappa shape index (κ1) is 22.5. The first-order chi connectivity index (χ1) is 15.8. The molecule has 10 heteroatoms. The molecule has 170 valence electrons. The van der Waals surface area contributed by atoms with Crippen molar-refractivity contribution in [3.63, 3.8) is 0 Å². The van der Waals surface area contributed by atoms with Gasteiger partial charge in [-0.3, -0.25) is 4.79 Å². The third-order valence-electron chi connectivity index (χ3n) is 5.19. The van der Waals surface area contributed by atoms with Crippen molar-refractivity contribution in [2.75, 3.05) is 18.7 Å². The molecule has 7 nitrogen and oxygen atoms in total. The fourth-order valence-electron chi connectivity index (χ4n) is 3.66. The molecule has 3 aromatic heterocycles. The molecule has 0 saturated carbocycles. The number of rotatable bonds is 6. The van der Waals surface area contributed by atoms with Crippen LogP contribution in [0.25, 0.3) is 22.0 Å². The summed E-state index contributed by atoms with van der Waals surface area (Å²) in [7, 11) is 2.91. The minimum atomic E-state index is -0.888. The van der Waals surface area contributed by atoms with Gasteiger partial charge in [-0.1, -0.05) is 0 Å². The normalized spacial score (nSPS) is 11.1. The summed E-state index contributed by atoms with van der Waals surface area (Å²) in [6, 6.07) is 5.85. The molecule has 0 amide bonds. The van der Waals surface area contributed by atoms with Crippen molar-refractivity contribution in [3.05, 3.63) is 76.0 Å². The minimum absolute atomic E-state index is 0.199. The molecule has 1 aromatic carbocycles. The van der Waals surface area contributed by atoms with Crippen LogP contribution in [0.2, 0.25) is 0 Å². The summed E-state index contributed by atoms with van der Waals surface area (Å²) in [5.74, 6) is -1.94. The SMILES string of the molecule is COC(=O)c1cc(Nc2ncc(F)cc2F)c(-c2cn(C)c(=O)c3[nH]ccc23)cc1CSC. The van der Waals surface area contributed by atoms with E-state index in [1.807, 2.05) is 6.26 Å². The van der Waals surface area contributed by atoms with E-state index >= 15 is 0 Å². The molecule has 0 radical (unpaired) electrons. The predicted molar refractivity (Wildman–Crippen MR) is 125 cm³/mol. The Labute approximate surface area is 191 Å². The Morgan fingerprint density at radius 3 is 2.76 bits per heavy atom. The summed E-state index contributed by atoms with van der Waals surface area (Å²) in [5, 5.41) is 3.54. The van der Waals surface area contributed by atoms with E-state index < -0.39 is 17.6 Å². The van der Waals surface area contributed by atoms with Crippen LogP contribution in [0.3, 0.4) is 0 Å². The number of anilines is 2. The fourth-order valence-corrected chi connectivity index (χ4v) is 4.21. The number of nitrogens with one attached hydrogen (secondary N) is 2. The summed E-state index contributed by atoms with van der Waals surface area (Å²) < 4.78 is 34.2. The molecule has 4 aromatic rings. The lowest BCUT2D eigenvalue weighted by Gasteiger charge is -2.18. The fraction of sp³-hybridized carbons (Fsp3) is 0.174. The Balaban J connectivity index is 2.01. The predicted octanol–water partition coefficient (Wildman–Crippen LogP) is 4.60. The number of halogens is 2. The highest BCUT2D eigenvalue weighted by molar-refractivity contribution is 7.97. The number of carbonyl (C=O) groups is 1. The third kappa shape index (κ3) is 4.21. The van der Waals surface area contributed by atoms with Gasteiger partial charge in [-0.2, -0.15) is 11.8 Å². The van der Waals surface area contributed by atoms with Crippen LogP contribution in [0.1, 0.15) is 15.9 Å². The number of pyridine rings is 2. The number of methoxy groups -OCH3 is 1. The van der Waals surface area contributed by atoms with E-state index in [-0.39, 0.29) is 11.4 Å². The van der Waals surface area contributed by atoms with E-state index in [9.17, 15) is 18.4 Å². The lowest BCUT2D eigenvalue weighted by atomic mass is 9.96. The van der Waals surface area contributed by atoms with E-state index in [1.165, 1.54) is 23.4 Å². The number of esters is 1. The average Bonchev–Trinajstić information content (AvgIpc) is 3.29. The average molecular weight is 471 g/mol. The van der Waals surface area contributed by atoms with Gasteiger partial charge in [0.15, 0.2) is 11.6 Å². The van der Waals surface area contributed by atoms with Gasteiger partial charge in [0.05, 0.1) is 18.9 Å². The number of hydrogen-bond acceptors (Lipinski definition) is 6. The lowest BCUT2D eigenvalue weighted by molar-refractivity contribution is 0.0600. The van der Waals surface area contributed by atoms with Gasteiger partial charge in [0.1, 0.15) is 11.3 Å². The van der Waals surface area contributed by atoms with Gasteiger partial charge in [0.25, 0.3) is 5.56 Å². The highest BCUT2D eigenvalue weighted by atomic mass is 32.2. The van der Waals surface area contributed by atoms with Crippen molar-refractivity contribution in [1.82, 2.24) is 14.5 Å². The molecule has 0 saturated heterocycles. The van der Waals surface area contributed by atoms with Crippen LogP contribution in [0.4, 0.5) is 20.3 Å². The zero-order chi connectivity index (χ0) is 23.7. The van der Waals surface area contributed by atoms with Crippen molar-refractivity contribution in [2.45, 2.75) is 5.75 Å². The maximum Gasteiger partial charge on any atom is 0.338 e. The number of ether oxygens (including phenoxy) is 1. The van der Waals surface area contributed by atoms with E-state index in [0.29, 0.717) is 44.6 Å². The Morgan fingerprint density at radius 1 is 1.27 bits per heavy atom. The van der Waals surface area contributed by atoms with Gasteiger partial charge in [-0.25, -0.2) is 18.6 Å². The zero-order valence-corrected chi connectivity index (χ0v) is 18.8. The molecule has 4 rings (SSSR count). The number of H-pyrrole nitrogens is 1. The van der Waals surface area contributed by atoms with Crippen LogP contribution in [0, 0.1) is 11.6 Å². The molecular formula is C23H20F2N4O3S. The molecule has 0 bridgehead atoms. The number of thioether (sulfide) groups is 1. The maximum absolute atomic E-state index is 14.4. The monoisotopic (exact) mass is 470 g/mol. The molecular weight excluding hydrogens is 450 g/mol. The Morgan fingerprint density at radius 2 is 2.06 bits per heavy atom. The largest absolute Gasteiger partial charge is 0.465 e. The van der Waals surface area contributed by atoms with Crippen molar-refractivity contribution < 1.29 is 18.3 Å². The number of aryl methyl sites for hydroxylation is 1. The van der Waals surface area contributed by atoms with Crippen LogP contribution in [-0.4, -0.2) is 33.9 Å². The smallest absolute Gasteiger partial charge is 0.338 e. The molecule has 0 aliphatic heterocycles. The Hall–Kier alpha value is -3.66. The summed E-state index contributed by atoms with van der Waals surface area (Å²) in [5.41, 5.74) is 2.86. The van der Waals surface area contributed by atoms with E-state index in [0.717, 1.165) is 12.3 Å². The third-order valence-corrected chi connectivity index (χ3v) is 5.79. The number of benzene rings is 1. The molecule has 0 atom stereocenters. The second kappa shape index (κ2) is 9.07. The number of aromatic nitrogens is 3. The Bertz CT molecular complexity index is 1430. The standard InChI is InChI=1S/C23H20F2N4O3S/c1-29-10-17(14-4-5-26-20(14)22(29)30)16-6-12(11-33-3)15(23(31)32-2)8-19(16)28-21-18(25)7-13(24)9-27-21/h4-10,26H,11H2,1-3H3,(H,27,28). The zero-order valence-electron chi connectivity index (χ0n) is 18.0. The van der Waals surface area contributed by atoms with E-state index in [4.69, 9.17) is 4.74 Å². The van der Waals surface area contributed by atoms with Gasteiger partial charge < -0.3 is 19.6 Å². The number of fused-ring (bicyclic) bond motifs is 1.